The lowest BCUT2D eigenvalue weighted by Crippen LogP contribution is -2.45. The summed E-state index contributed by atoms with van der Waals surface area (Å²) in [7, 11) is 2.88. The summed E-state index contributed by atoms with van der Waals surface area (Å²) in [5.74, 6) is -0.623. The normalized spacial score (nSPS) is 10.8. The first kappa shape index (κ1) is 21.9. The molecule has 2 amide bonds. The van der Waals surface area contributed by atoms with Gasteiger partial charge in [-0.15, -0.1) is 0 Å². The topological polar surface area (TPSA) is 93.7 Å². The predicted molar refractivity (Wildman–Crippen MR) is 110 cm³/mol. The molecule has 0 aromatic heterocycles. The van der Waals surface area contributed by atoms with Crippen molar-refractivity contribution in [3.8, 4) is 5.75 Å². The molecule has 7 nitrogen and oxygen atoms in total. The average Bonchev–Trinajstić information content (AvgIpc) is 2.73. The molecular weight excluding hydrogens is 372 g/mol. The lowest BCUT2D eigenvalue weighted by molar-refractivity contribution is -0.138. The smallest absolute Gasteiger partial charge is 0.337 e. The highest BCUT2D eigenvalue weighted by Crippen LogP contribution is 2.21. The standard InChI is InChI=1S/C22H26N2O5/c1-22(2,20(26)23-13-12-15-8-5-6-11-18(15)28-3)21(27)24-17-10-7-9-16(14-17)19(25)29-4/h5-11,14H,12-13H2,1-4H3,(H,23,26)(H,24,27). The molecule has 0 aliphatic carbocycles. The van der Waals surface area contributed by atoms with Gasteiger partial charge in [-0.05, 0) is 50.1 Å². The van der Waals surface area contributed by atoms with E-state index in [4.69, 9.17) is 4.74 Å². The third-order valence-electron chi connectivity index (χ3n) is 4.55. The molecule has 0 heterocycles. The average molecular weight is 398 g/mol. The van der Waals surface area contributed by atoms with Gasteiger partial charge in [0.05, 0.1) is 19.8 Å². The van der Waals surface area contributed by atoms with Gasteiger partial charge in [-0.1, -0.05) is 24.3 Å². The van der Waals surface area contributed by atoms with Gasteiger partial charge >= 0.3 is 5.97 Å². The van der Waals surface area contributed by atoms with Crippen LogP contribution in [0.5, 0.6) is 5.75 Å². The summed E-state index contributed by atoms with van der Waals surface area (Å²) < 4.78 is 9.97. The molecule has 7 heteroatoms. The number of esters is 1. The van der Waals surface area contributed by atoms with E-state index in [1.807, 2.05) is 24.3 Å². The van der Waals surface area contributed by atoms with Crippen LogP contribution in [0.2, 0.25) is 0 Å². The molecule has 0 aliphatic rings. The summed E-state index contributed by atoms with van der Waals surface area (Å²) in [5, 5.41) is 5.48. The maximum Gasteiger partial charge on any atom is 0.337 e. The van der Waals surface area contributed by atoms with Gasteiger partial charge in [0.2, 0.25) is 11.8 Å². The Hall–Kier alpha value is -3.35. The highest BCUT2D eigenvalue weighted by atomic mass is 16.5. The third kappa shape index (κ3) is 5.57. The van der Waals surface area contributed by atoms with Crippen LogP contribution in [0.25, 0.3) is 0 Å². The highest BCUT2D eigenvalue weighted by molar-refractivity contribution is 6.10. The van der Waals surface area contributed by atoms with Crippen LogP contribution in [-0.4, -0.2) is 38.5 Å². The fraction of sp³-hybridized carbons (Fsp3) is 0.318. The predicted octanol–water partition coefficient (Wildman–Crippen LogP) is 2.81. The van der Waals surface area contributed by atoms with Gasteiger partial charge in [0.15, 0.2) is 0 Å². The van der Waals surface area contributed by atoms with E-state index in [2.05, 4.69) is 15.4 Å². The van der Waals surface area contributed by atoms with Gasteiger partial charge in [-0.25, -0.2) is 4.79 Å². The van der Waals surface area contributed by atoms with Crippen molar-refractivity contribution in [1.29, 1.82) is 0 Å². The number of anilines is 1. The molecule has 2 N–H and O–H groups in total. The molecule has 0 bridgehead atoms. The Morgan fingerprint density at radius 1 is 0.966 bits per heavy atom. The van der Waals surface area contributed by atoms with Crippen molar-refractivity contribution in [2.75, 3.05) is 26.1 Å². The van der Waals surface area contributed by atoms with Gasteiger partial charge in [-0.3, -0.25) is 9.59 Å². The van der Waals surface area contributed by atoms with E-state index in [-0.39, 0.29) is 0 Å². The molecule has 0 fully saturated rings. The lowest BCUT2D eigenvalue weighted by atomic mass is 9.90. The Kier molecular flexibility index (Phi) is 7.36. The summed E-state index contributed by atoms with van der Waals surface area (Å²) in [6.07, 6.45) is 0.578. The Morgan fingerprint density at radius 2 is 1.69 bits per heavy atom. The number of nitrogens with one attached hydrogen (secondary N) is 2. The summed E-state index contributed by atoms with van der Waals surface area (Å²) in [6, 6.07) is 13.9. The van der Waals surface area contributed by atoms with E-state index in [1.54, 1.807) is 39.2 Å². The number of hydrogen-bond donors (Lipinski definition) is 2. The van der Waals surface area contributed by atoms with Gasteiger partial charge in [-0.2, -0.15) is 0 Å². The van der Waals surface area contributed by atoms with Gasteiger partial charge < -0.3 is 20.1 Å². The number of amides is 2. The van der Waals surface area contributed by atoms with Crippen LogP contribution in [0, 0.1) is 5.41 Å². The third-order valence-corrected chi connectivity index (χ3v) is 4.55. The van der Waals surface area contributed by atoms with Crippen LogP contribution >= 0.6 is 0 Å². The molecule has 154 valence electrons. The molecule has 0 saturated carbocycles. The SMILES string of the molecule is COC(=O)c1cccc(NC(=O)C(C)(C)C(=O)NCCc2ccccc2OC)c1. The summed E-state index contributed by atoms with van der Waals surface area (Å²) in [4.78, 5) is 36.9. The molecular formula is C22H26N2O5. The Labute approximate surface area is 170 Å². The molecule has 2 rings (SSSR count). The van der Waals surface area contributed by atoms with Crippen molar-refractivity contribution in [1.82, 2.24) is 5.32 Å². The lowest BCUT2D eigenvalue weighted by Gasteiger charge is -2.23. The number of carbonyl (C=O) groups is 3. The minimum Gasteiger partial charge on any atom is -0.496 e. The van der Waals surface area contributed by atoms with Crippen molar-refractivity contribution >= 4 is 23.5 Å². The minimum absolute atomic E-state index is 0.310. The molecule has 0 aliphatic heterocycles. The van der Waals surface area contributed by atoms with Crippen LogP contribution in [0.15, 0.2) is 48.5 Å². The molecule has 0 atom stereocenters. The van der Waals surface area contributed by atoms with Crippen LogP contribution in [0.4, 0.5) is 5.69 Å². The van der Waals surface area contributed by atoms with Crippen LogP contribution < -0.4 is 15.4 Å². The molecule has 0 unspecified atom stereocenters. The zero-order valence-corrected chi connectivity index (χ0v) is 17.1. The second-order valence-electron chi connectivity index (χ2n) is 6.97. The van der Waals surface area contributed by atoms with E-state index in [1.165, 1.54) is 13.2 Å². The first-order valence-corrected chi connectivity index (χ1v) is 9.19. The quantitative estimate of drug-likeness (QED) is 0.527. The molecule has 0 radical (unpaired) electrons. The van der Waals surface area contributed by atoms with E-state index in [9.17, 15) is 14.4 Å². The summed E-state index contributed by atoms with van der Waals surface area (Å²) in [6.45, 7) is 3.46. The first-order valence-electron chi connectivity index (χ1n) is 9.19. The van der Waals surface area contributed by atoms with Crippen LogP contribution in [0.3, 0.4) is 0 Å². The second kappa shape index (κ2) is 9.73. The second-order valence-corrected chi connectivity index (χ2v) is 6.97. The maximum absolute atomic E-state index is 12.7. The number of methoxy groups -OCH3 is 2. The van der Waals surface area contributed by atoms with Crippen molar-refractivity contribution in [3.05, 3.63) is 59.7 Å². The van der Waals surface area contributed by atoms with Gasteiger partial charge in [0.25, 0.3) is 0 Å². The van der Waals surface area contributed by atoms with Crippen LogP contribution in [0.1, 0.15) is 29.8 Å². The van der Waals surface area contributed by atoms with E-state index < -0.39 is 23.2 Å². The zero-order chi connectivity index (χ0) is 21.4. The number of para-hydroxylation sites is 1. The van der Waals surface area contributed by atoms with Crippen LogP contribution in [-0.2, 0) is 20.7 Å². The first-order chi connectivity index (χ1) is 13.8. The number of carbonyl (C=O) groups excluding carboxylic acids is 3. The maximum atomic E-state index is 12.7. The highest BCUT2D eigenvalue weighted by Gasteiger charge is 2.36. The Morgan fingerprint density at radius 3 is 2.38 bits per heavy atom. The zero-order valence-electron chi connectivity index (χ0n) is 17.1. The Balaban J connectivity index is 1.97. The van der Waals surface area contributed by atoms with Gasteiger partial charge in [0, 0.05) is 12.2 Å². The molecule has 0 spiro atoms. The van der Waals surface area contributed by atoms with E-state index in [0.717, 1.165) is 11.3 Å². The van der Waals surface area contributed by atoms with Gasteiger partial charge in [0.1, 0.15) is 11.2 Å². The Bertz CT molecular complexity index is 892. The minimum atomic E-state index is -1.30. The molecule has 0 saturated heterocycles. The fourth-order valence-corrected chi connectivity index (χ4v) is 2.67. The fourth-order valence-electron chi connectivity index (χ4n) is 2.67. The molecule has 2 aromatic rings. The largest absolute Gasteiger partial charge is 0.496 e. The van der Waals surface area contributed by atoms with Crippen molar-refractivity contribution < 1.29 is 23.9 Å². The summed E-state index contributed by atoms with van der Waals surface area (Å²) >= 11 is 0. The van der Waals surface area contributed by atoms with E-state index >= 15 is 0 Å². The number of benzene rings is 2. The monoisotopic (exact) mass is 398 g/mol. The van der Waals surface area contributed by atoms with Crippen molar-refractivity contribution in [3.63, 3.8) is 0 Å². The van der Waals surface area contributed by atoms with E-state index in [0.29, 0.717) is 24.2 Å². The number of ether oxygens (including phenoxy) is 2. The van der Waals surface area contributed by atoms with Crippen molar-refractivity contribution in [2.45, 2.75) is 20.3 Å². The summed E-state index contributed by atoms with van der Waals surface area (Å²) in [5.41, 5.74) is 0.386. The van der Waals surface area contributed by atoms with Crippen molar-refractivity contribution in [2.24, 2.45) is 5.41 Å². The number of rotatable bonds is 8. The molecule has 2 aromatic carbocycles. The number of hydrogen-bond acceptors (Lipinski definition) is 5. The molecule has 29 heavy (non-hydrogen) atoms.